The molecule has 1 aliphatic heterocycles. The molecule has 0 unspecified atom stereocenters. The summed E-state index contributed by atoms with van der Waals surface area (Å²) in [5, 5.41) is 4.62. The van der Waals surface area contributed by atoms with E-state index in [9.17, 15) is 30.8 Å². The SMILES string of the molecule is CS(=O)(=O)c1ccc(-n2ncc3c(OC4CCN(C(=O)c5ccc(OC(F)(CF)CF)cc5)CC4)ncnc32)c(F)c1. The molecule has 0 atom stereocenters. The van der Waals surface area contributed by atoms with Gasteiger partial charge in [0.25, 0.3) is 5.91 Å². The average Bonchev–Trinajstić information content (AvgIpc) is 3.42. The molecule has 2 aromatic carbocycles. The van der Waals surface area contributed by atoms with Crippen LogP contribution in [0.3, 0.4) is 0 Å². The molecule has 15 heteroatoms. The number of rotatable bonds is 9. The predicted molar refractivity (Wildman–Crippen MR) is 142 cm³/mol. The number of benzene rings is 2. The number of amides is 1. The van der Waals surface area contributed by atoms with Crippen molar-refractivity contribution < 1.29 is 40.2 Å². The van der Waals surface area contributed by atoms with Crippen LogP contribution in [0.15, 0.2) is 59.9 Å². The Bertz CT molecular complexity index is 1710. The minimum absolute atomic E-state index is 0.00214. The quantitative estimate of drug-likeness (QED) is 0.262. The van der Waals surface area contributed by atoms with Crippen molar-refractivity contribution in [3.05, 3.63) is 66.4 Å². The Morgan fingerprint density at radius 2 is 1.76 bits per heavy atom. The van der Waals surface area contributed by atoms with Crippen LogP contribution >= 0.6 is 0 Å². The molecular weight excluding hydrogens is 582 g/mol. The Morgan fingerprint density at radius 1 is 1.07 bits per heavy atom. The van der Waals surface area contributed by atoms with Gasteiger partial charge in [0, 0.05) is 37.8 Å². The fourth-order valence-electron chi connectivity index (χ4n) is 4.47. The number of alkyl halides is 3. The van der Waals surface area contributed by atoms with Gasteiger partial charge in [-0.1, -0.05) is 0 Å². The maximum Gasteiger partial charge on any atom is 0.304 e. The molecule has 0 N–H and O–H groups in total. The Morgan fingerprint density at radius 3 is 2.38 bits per heavy atom. The number of likely N-dealkylation sites (tertiary alicyclic amines) is 1. The molecule has 0 bridgehead atoms. The number of sulfone groups is 1. The second-order valence-electron chi connectivity index (χ2n) is 9.74. The second-order valence-corrected chi connectivity index (χ2v) is 11.8. The van der Waals surface area contributed by atoms with E-state index in [1.165, 1.54) is 53.6 Å². The number of hydrogen-bond acceptors (Lipinski definition) is 8. The van der Waals surface area contributed by atoms with Crippen LogP contribution in [0.4, 0.5) is 17.6 Å². The van der Waals surface area contributed by atoms with E-state index in [0.29, 0.717) is 36.9 Å². The summed E-state index contributed by atoms with van der Waals surface area (Å²) < 4.78 is 89.6. The third-order valence-corrected chi connectivity index (χ3v) is 7.82. The molecule has 42 heavy (non-hydrogen) atoms. The summed E-state index contributed by atoms with van der Waals surface area (Å²) in [4.78, 5) is 22.8. The molecule has 10 nitrogen and oxygen atoms in total. The monoisotopic (exact) mass is 607 g/mol. The molecule has 0 aliphatic carbocycles. The number of carbonyl (C=O) groups is 1. The summed E-state index contributed by atoms with van der Waals surface area (Å²) in [5.74, 6) is -4.02. The zero-order valence-corrected chi connectivity index (χ0v) is 23.0. The van der Waals surface area contributed by atoms with E-state index in [4.69, 9.17) is 9.47 Å². The number of piperidine rings is 1. The van der Waals surface area contributed by atoms with Gasteiger partial charge in [-0.15, -0.1) is 0 Å². The van der Waals surface area contributed by atoms with Crippen LogP contribution in [0.25, 0.3) is 16.7 Å². The van der Waals surface area contributed by atoms with Crippen molar-refractivity contribution in [2.75, 3.05) is 32.7 Å². The van der Waals surface area contributed by atoms with E-state index >= 15 is 0 Å². The van der Waals surface area contributed by atoms with Crippen LogP contribution in [0, 0.1) is 5.82 Å². The van der Waals surface area contributed by atoms with Crippen molar-refractivity contribution in [1.82, 2.24) is 24.6 Å². The molecule has 0 radical (unpaired) electrons. The van der Waals surface area contributed by atoms with Crippen molar-refractivity contribution >= 4 is 26.8 Å². The lowest BCUT2D eigenvalue weighted by molar-refractivity contribution is -0.0946. The highest BCUT2D eigenvalue weighted by Crippen LogP contribution is 2.28. The number of aromatic nitrogens is 4. The van der Waals surface area contributed by atoms with E-state index in [1.807, 2.05) is 0 Å². The first-order chi connectivity index (χ1) is 20.0. The van der Waals surface area contributed by atoms with Gasteiger partial charge in [-0.2, -0.15) is 9.49 Å². The summed E-state index contributed by atoms with van der Waals surface area (Å²) >= 11 is 0. The van der Waals surface area contributed by atoms with E-state index in [-0.39, 0.29) is 39.9 Å². The highest BCUT2D eigenvalue weighted by atomic mass is 32.2. The van der Waals surface area contributed by atoms with Crippen molar-refractivity contribution in [1.29, 1.82) is 0 Å². The lowest BCUT2D eigenvalue weighted by Gasteiger charge is -2.32. The molecule has 1 amide bonds. The first-order valence-electron chi connectivity index (χ1n) is 12.8. The average molecular weight is 608 g/mol. The molecule has 0 saturated carbocycles. The van der Waals surface area contributed by atoms with Gasteiger partial charge >= 0.3 is 5.85 Å². The van der Waals surface area contributed by atoms with Crippen LogP contribution in [-0.2, 0) is 9.84 Å². The van der Waals surface area contributed by atoms with E-state index in [1.54, 1.807) is 4.90 Å². The summed E-state index contributed by atoms with van der Waals surface area (Å²) in [7, 11) is -3.59. The smallest absolute Gasteiger partial charge is 0.304 e. The van der Waals surface area contributed by atoms with Crippen LogP contribution in [0.5, 0.6) is 11.6 Å². The van der Waals surface area contributed by atoms with Crippen molar-refractivity contribution in [2.24, 2.45) is 0 Å². The molecule has 4 aromatic rings. The lowest BCUT2D eigenvalue weighted by Crippen LogP contribution is -2.41. The molecular formula is C27H25F4N5O5S. The highest BCUT2D eigenvalue weighted by Gasteiger charge is 2.33. The Kier molecular flexibility index (Phi) is 8.03. The standard InChI is InChI=1S/C27H25F4N5O5S/c1-42(38,39)20-6-7-23(22(30)12-20)36-24-21(13-34-36)25(33-16-32-24)40-18-8-10-35(11-9-18)26(37)17-2-4-19(5-3-17)41-27(31,14-28)15-29/h2-7,12-13,16,18H,8-11,14-15H2,1H3. The fourth-order valence-corrected chi connectivity index (χ4v) is 5.10. The van der Waals surface area contributed by atoms with Gasteiger partial charge in [0.05, 0.1) is 11.1 Å². The Labute approximate surface area is 237 Å². The zero-order chi connectivity index (χ0) is 30.1. The summed E-state index contributed by atoms with van der Waals surface area (Å²) in [6.45, 7) is -2.57. The number of ether oxygens (including phenoxy) is 2. The number of halogens is 4. The Balaban J connectivity index is 1.24. The van der Waals surface area contributed by atoms with Crippen molar-refractivity contribution in [3.8, 4) is 17.3 Å². The predicted octanol–water partition coefficient (Wildman–Crippen LogP) is 4.03. The highest BCUT2D eigenvalue weighted by molar-refractivity contribution is 7.90. The lowest BCUT2D eigenvalue weighted by atomic mass is 10.1. The molecule has 5 rings (SSSR count). The molecule has 1 fully saturated rings. The van der Waals surface area contributed by atoms with Crippen LogP contribution in [0.2, 0.25) is 0 Å². The van der Waals surface area contributed by atoms with Crippen molar-refractivity contribution in [3.63, 3.8) is 0 Å². The zero-order valence-electron chi connectivity index (χ0n) is 22.2. The van der Waals surface area contributed by atoms with Gasteiger partial charge in [-0.3, -0.25) is 4.79 Å². The van der Waals surface area contributed by atoms with Gasteiger partial charge in [0.2, 0.25) is 5.88 Å². The van der Waals surface area contributed by atoms with Gasteiger partial charge in [-0.05, 0) is 42.5 Å². The van der Waals surface area contributed by atoms with Crippen molar-refractivity contribution in [2.45, 2.75) is 29.7 Å². The van der Waals surface area contributed by atoms with E-state index in [0.717, 1.165) is 12.3 Å². The summed E-state index contributed by atoms with van der Waals surface area (Å²) in [6.07, 6.45) is 4.32. The molecule has 1 aliphatic rings. The van der Waals surface area contributed by atoms with Gasteiger partial charge in [0.15, 0.2) is 28.8 Å². The largest absolute Gasteiger partial charge is 0.474 e. The first kappa shape index (κ1) is 29.2. The maximum absolute atomic E-state index is 14.8. The molecule has 1 saturated heterocycles. The molecule has 3 heterocycles. The molecule has 2 aromatic heterocycles. The molecule has 0 spiro atoms. The van der Waals surface area contributed by atoms with Crippen LogP contribution < -0.4 is 9.47 Å². The number of fused-ring (bicyclic) bond motifs is 1. The second kappa shape index (κ2) is 11.5. The van der Waals surface area contributed by atoms with E-state index < -0.39 is 34.9 Å². The first-order valence-corrected chi connectivity index (χ1v) is 14.6. The summed E-state index contributed by atoms with van der Waals surface area (Å²) in [5.41, 5.74) is 0.560. The summed E-state index contributed by atoms with van der Waals surface area (Å²) in [6, 6.07) is 8.83. The third kappa shape index (κ3) is 6.00. The minimum Gasteiger partial charge on any atom is -0.474 e. The van der Waals surface area contributed by atoms with E-state index in [2.05, 4.69) is 15.1 Å². The normalized spacial score (nSPS) is 14.7. The van der Waals surface area contributed by atoms with Gasteiger partial charge in [-0.25, -0.2) is 36.2 Å². The Hall–Kier alpha value is -4.27. The fraction of sp³-hybridized carbons (Fsp3) is 0.333. The third-order valence-electron chi connectivity index (χ3n) is 6.71. The van der Waals surface area contributed by atoms with Crippen LogP contribution in [0.1, 0.15) is 23.2 Å². The van der Waals surface area contributed by atoms with Gasteiger partial charge < -0.3 is 14.4 Å². The van der Waals surface area contributed by atoms with Crippen LogP contribution in [-0.4, -0.2) is 83.6 Å². The van der Waals surface area contributed by atoms with Gasteiger partial charge in [0.1, 0.15) is 35.1 Å². The molecule has 222 valence electrons. The number of carbonyl (C=O) groups excluding carboxylic acids is 1. The maximum atomic E-state index is 14.8. The number of hydrogen-bond donors (Lipinski definition) is 0. The number of nitrogens with zero attached hydrogens (tertiary/aromatic N) is 5. The topological polar surface area (TPSA) is 117 Å². The minimum atomic E-state index is -3.59.